The van der Waals surface area contributed by atoms with Crippen LogP contribution in [0.2, 0.25) is 0 Å². The smallest absolute Gasteiger partial charge is 0.338 e. The summed E-state index contributed by atoms with van der Waals surface area (Å²) < 4.78 is 37.9. The zero-order valence-electron chi connectivity index (χ0n) is 19.5. The van der Waals surface area contributed by atoms with Crippen LogP contribution in [0, 0.1) is 0 Å². The molecule has 184 valence electrons. The molecule has 2 aromatic carbocycles. The first kappa shape index (κ1) is 26.7. The Bertz CT molecular complexity index is 1120. The van der Waals surface area contributed by atoms with Gasteiger partial charge in [0, 0.05) is 18.3 Å². The number of carbonyl (C=O) groups excluding carboxylic acids is 3. The maximum Gasteiger partial charge on any atom is 0.338 e. The van der Waals surface area contributed by atoms with Crippen molar-refractivity contribution in [1.29, 1.82) is 0 Å². The number of likely N-dealkylation sites (N-methyl/N-ethyl adjacent to an activating group) is 1. The highest BCUT2D eigenvalue weighted by atomic mass is 32.2. The predicted octanol–water partition coefficient (Wildman–Crippen LogP) is 2.03. The van der Waals surface area contributed by atoms with Crippen molar-refractivity contribution in [2.24, 2.45) is 0 Å². The van der Waals surface area contributed by atoms with Crippen LogP contribution in [0.3, 0.4) is 0 Å². The Hall–Kier alpha value is -3.60. The highest BCUT2D eigenvalue weighted by Gasteiger charge is 2.20. The zero-order chi connectivity index (χ0) is 25.3. The maximum atomic E-state index is 12.7. The molecule has 10 nitrogen and oxygen atoms in total. The van der Waals surface area contributed by atoms with Gasteiger partial charge in [0.2, 0.25) is 5.91 Å². The van der Waals surface area contributed by atoms with Crippen molar-refractivity contribution >= 4 is 33.5 Å². The third-order valence-corrected chi connectivity index (χ3v) is 5.95. The highest BCUT2D eigenvalue weighted by molar-refractivity contribution is 7.92. The third kappa shape index (κ3) is 7.77. The van der Waals surface area contributed by atoms with Crippen LogP contribution >= 0.6 is 0 Å². The minimum Gasteiger partial charge on any atom is -0.497 e. The fraction of sp³-hybridized carbons (Fsp3) is 0.348. The molecule has 0 heterocycles. The molecule has 0 aliphatic heterocycles. The van der Waals surface area contributed by atoms with E-state index in [1.807, 2.05) is 0 Å². The summed E-state index contributed by atoms with van der Waals surface area (Å²) in [6.07, 6.45) is 0. The van der Waals surface area contributed by atoms with Crippen LogP contribution in [-0.4, -0.2) is 63.9 Å². The number of hydrogen-bond donors (Lipinski definition) is 2. The lowest BCUT2D eigenvalue weighted by Crippen LogP contribution is -2.44. The minimum absolute atomic E-state index is 0.0361. The van der Waals surface area contributed by atoms with Gasteiger partial charge in [0.15, 0.2) is 6.61 Å². The molecule has 2 N–H and O–H groups in total. The van der Waals surface area contributed by atoms with Crippen LogP contribution in [0.15, 0.2) is 53.4 Å². The fourth-order valence-electron chi connectivity index (χ4n) is 2.88. The number of nitrogens with one attached hydrogen (secondary N) is 2. The van der Waals surface area contributed by atoms with Crippen molar-refractivity contribution in [3.63, 3.8) is 0 Å². The van der Waals surface area contributed by atoms with Crippen LogP contribution in [0.4, 0.5) is 5.69 Å². The van der Waals surface area contributed by atoms with Crippen molar-refractivity contribution < 1.29 is 32.3 Å². The number of rotatable bonds is 11. The number of anilines is 1. The molecule has 0 aliphatic rings. The molecule has 0 atom stereocenters. The number of sulfonamides is 1. The van der Waals surface area contributed by atoms with Gasteiger partial charge in [0.25, 0.3) is 15.9 Å². The Morgan fingerprint density at radius 2 is 1.74 bits per heavy atom. The molecule has 0 aromatic heterocycles. The molecule has 0 radical (unpaired) electrons. The van der Waals surface area contributed by atoms with Gasteiger partial charge in [-0.25, -0.2) is 13.2 Å². The van der Waals surface area contributed by atoms with Gasteiger partial charge >= 0.3 is 5.97 Å². The standard InChI is InChI=1S/C23H29N3O7S/c1-5-26(14-21(27)24-16(2)3)22(28)15-33-23(29)17-7-6-8-20(13-17)34(30,31)25-18-9-11-19(32-4)12-10-18/h6-13,16,25H,5,14-15H2,1-4H3,(H,24,27). The van der Waals surface area contributed by atoms with E-state index in [-0.39, 0.29) is 35.5 Å². The van der Waals surface area contributed by atoms with Crippen molar-refractivity contribution in [2.75, 3.05) is 31.5 Å². The first-order chi connectivity index (χ1) is 16.1. The highest BCUT2D eigenvalue weighted by Crippen LogP contribution is 2.20. The van der Waals surface area contributed by atoms with Gasteiger partial charge < -0.3 is 19.7 Å². The fourth-order valence-corrected chi connectivity index (χ4v) is 3.99. The largest absolute Gasteiger partial charge is 0.497 e. The summed E-state index contributed by atoms with van der Waals surface area (Å²) in [4.78, 5) is 37.8. The molecule has 0 unspecified atom stereocenters. The topological polar surface area (TPSA) is 131 Å². The quantitative estimate of drug-likeness (QED) is 0.460. The van der Waals surface area contributed by atoms with E-state index in [1.54, 1.807) is 45.0 Å². The van der Waals surface area contributed by atoms with Gasteiger partial charge in [-0.3, -0.25) is 14.3 Å². The van der Waals surface area contributed by atoms with Gasteiger partial charge in [-0.15, -0.1) is 0 Å². The SMILES string of the molecule is CCN(CC(=O)NC(C)C)C(=O)COC(=O)c1cccc(S(=O)(=O)Nc2ccc(OC)cc2)c1. The summed E-state index contributed by atoms with van der Waals surface area (Å²) in [6, 6.07) is 11.5. The van der Waals surface area contributed by atoms with Gasteiger partial charge in [-0.1, -0.05) is 6.07 Å². The molecule has 0 aliphatic carbocycles. The molecule has 11 heteroatoms. The molecule has 34 heavy (non-hydrogen) atoms. The van der Waals surface area contributed by atoms with Gasteiger partial charge in [-0.05, 0) is 63.2 Å². The Morgan fingerprint density at radius 3 is 2.32 bits per heavy atom. The van der Waals surface area contributed by atoms with E-state index in [2.05, 4.69) is 10.0 Å². The van der Waals surface area contributed by atoms with Crippen LogP contribution in [0.5, 0.6) is 5.75 Å². The average Bonchev–Trinajstić information content (AvgIpc) is 2.80. The van der Waals surface area contributed by atoms with Gasteiger partial charge in [-0.2, -0.15) is 0 Å². The second-order valence-corrected chi connectivity index (χ2v) is 9.25. The van der Waals surface area contributed by atoms with E-state index in [9.17, 15) is 22.8 Å². The van der Waals surface area contributed by atoms with Crippen molar-refractivity contribution in [1.82, 2.24) is 10.2 Å². The van der Waals surface area contributed by atoms with Crippen molar-refractivity contribution in [2.45, 2.75) is 31.7 Å². The molecular weight excluding hydrogens is 462 g/mol. The zero-order valence-corrected chi connectivity index (χ0v) is 20.3. The van der Waals surface area contributed by atoms with E-state index < -0.39 is 28.5 Å². The first-order valence-corrected chi connectivity index (χ1v) is 12.0. The molecule has 0 saturated carbocycles. The van der Waals surface area contributed by atoms with Crippen molar-refractivity contribution in [3.05, 3.63) is 54.1 Å². The number of amides is 2. The van der Waals surface area contributed by atoms with Crippen LogP contribution < -0.4 is 14.8 Å². The second-order valence-electron chi connectivity index (χ2n) is 7.57. The molecule has 2 rings (SSSR count). The number of methoxy groups -OCH3 is 1. The number of benzene rings is 2. The molecule has 0 bridgehead atoms. The predicted molar refractivity (Wildman–Crippen MR) is 126 cm³/mol. The van der Waals surface area contributed by atoms with Gasteiger partial charge in [0.1, 0.15) is 5.75 Å². The van der Waals surface area contributed by atoms with Crippen LogP contribution in [0.25, 0.3) is 0 Å². The number of esters is 1. The Morgan fingerprint density at radius 1 is 1.06 bits per heavy atom. The lowest BCUT2D eigenvalue weighted by Gasteiger charge is -2.21. The maximum absolute atomic E-state index is 12.7. The minimum atomic E-state index is -3.98. The summed E-state index contributed by atoms with van der Waals surface area (Å²) in [5.41, 5.74) is 0.284. The molecule has 0 fully saturated rings. The molecule has 2 amide bonds. The average molecular weight is 492 g/mol. The number of carbonyl (C=O) groups is 3. The van der Waals surface area contributed by atoms with E-state index in [4.69, 9.17) is 9.47 Å². The van der Waals surface area contributed by atoms with Gasteiger partial charge in [0.05, 0.1) is 24.1 Å². The van der Waals surface area contributed by atoms with E-state index in [1.165, 1.54) is 30.2 Å². The number of hydrogen-bond acceptors (Lipinski definition) is 7. The lowest BCUT2D eigenvalue weighted by atomic mass is 10.2. The van der Waals surface area contributed by atoms with Crippen molar-refractivity contribution in [3.8, 4) is 5.75 Å². The molecule has 0 saturated heterocycles. The lowest BCUT2D eigenvalue weighted by molar-refractivity contribution is -0.138. The summed E-state index contributed by atoms with van der Waals surface area (Å²) in [5, 5.41) is 2.69. The number of nitrogens with zero attached hydrogens (tertiary/aromatic N) is 1. The third-order valence-electron chi connectivity index (χ3n) is 4.57. The first-order valence-electron chi connectivity index (χ1n) is 10.6. The summed E-state index contributed by atoms with van der Waals surface area (Å²) >= 11 is 0. The Balaban J connectivity index is 2.03. The molecule has 0 spiro atoms. The summed E-state index contributed by atoms with van der Waals surface area (Å²) in [5.74, 6) is -1.15. The van der Waals surface area contributed by atoms with E-state index in [0.29, 0.717) is 11.4 Å². The normalized spacial score (nSPS) is 11.0. The second kappa shape index (κ2) is 12.0. The summed E-state index contributed by atoms with van der Waals surface area (Å²) in [7, 11) is -2.48. The van der Waals surface area contributed by atoms with Crippen LogP contribution in [0.1, 0.15) is 31.1 Å². The van der Waals surface area contributed by atoms with Crippen LogP contribution in [-0.2, 0) is 24.3 Å². The monoisotopic (exact) mass is 491 g/mol. The summed E-state index contributed by atoms with van der Waals surface area (Å²) in [6.45, 7) is 4.83. The van der Waals surface area contributed by atoms with E-state index >= 15 is 0 Å². The Labute approximate surface area is 199 Å². The van der Waals surface area contributed by atoms with E-state index in [0.717, 1.165) is 6.07 Å². The number of ether oxygens (including phenoxy) is 2. The Kier molecular flexibility index (Phi) is 9.43. The molecular formula is C23H29N3O7S. The molecule has 2 aromatic rings.